The lowest BCUT2D eigenvalue weighted by atomic mass is 9.89. The van der Waals surface area contributed by atoms with E-state index in [0.717, 1.165) is 33.9 Å². The third kappa shape index (κ3) is 5.23. The van der Waals surface area contributed by atoms with Crippen LogP contribution >= 0.6 is 0 Å². The van der Waals surface area contributed by atoms with Crippen LogP contribution in [0.25, 0.3) is 44.1 Å². The van der Waals surface area contributed by atoms with Crippen molar-refractivity contribution in [1.29, 1.82) is 0 Å². The smallest absolute Gasteiger partial charge is 0.103 e. The highest BCUT2D eigenvalue weighted by molar-refractivity contribution is 6.99. The van der Waals surface area contributed by atoms with E-state index in [0.29, 0.717) is 0 Å². The maximum atomic E-state index is 4.94. The Morgan fingerprint density at radius 3 is 1.11 bits per heavy atom. The van der Waals surface area contributed by atoms with Crippen molar-refractivity contribution in [2.45, 2.75) is 20.4 Å². The van der Waals surface area contributed by atoms with E-state index in [2.05, 4.69) is 114 Å². The van der Waals surface area contributed by atoms with Crippen molar-refractivity contribution in [2.24, 2.45) is 0 Å². The molecule has 2 aromatic carbocycles. The molecule has 7 rings (SSSR count). The van der Waals surface area contributed by atoms with Crippen LogP contribution in [0.1, 0.15) is 33.6 Å². The second-order valence-corrected chi connectivity index (χ2v) is 13.9. The van der Waals surface area contributed by atoms with E-state index >= 15 is 0 Å². The van der Waals surface area contributed by atoms with Crippen molar-refractivity contribution in [3.05, 3.63) is 168 Å². The van der Waals surface area contributed by atoms with Crippen LogP contribution < -0.4 is 0 Å². The lowest BCUT2D eigenvalue weighted by Crippen LogP contribution is -2.12. The zero-order chi connectivity index (χ0) is 30.0. The molecule has 1 aliphatic heterocycles. The van der Waals surface area contributed by atoms with Crippen LogP contribution in [0.15, 0.2) is 134 Å². The summed E-state index contributed by atoms with van der Waals surface area (Å²) in [4.78, 5) is 18.8. The molecule has 1 aliphatic rings. The standard InChI is InChI=1S/C39H32N4Si/c1-26-14-16-30(22-40-26)34-20-18-32(24-42-34)38-36(28-10-6-4-7-11-28)37(29-12-8-5-9-13-29)39(44(38)3)33-19-21-35(43-25-33)31-17-15-27(2)41-23-31/h4-25,44H,1-3H3. The summed E-state index contributed by atoms with van der Waals surface area (Å²) in [6.07, 6.45) is 7.90. The molecule has 4 aromatic heterocycles. The second-order valence-electron chi connectivity index (χ2n) is 11.3. The Bertz CT molecular complexity index is 1830. The second kappa shape index (κ2) is 11.8. The van der Waals surface area contributed by atoms with Gasteiger partial charge in [-0.3, -0.25) is 19.9 Å². The summed E-state index contributed by atoms with van der Waals surface area (Å²) >= 11 is 0. The fourth-order valence-electron chi connectivity index (χ4n) is 6.13. The minimum Gasteiger partial charge on any atom is -0.261 e. The first-order chi connectivity index (χ1) is 21.6. The van der Waals surface area contributed by atoms with Gasteiger partial charge >= 0.3 is 0 Å². The van der Waals surface area contributed by atoms with Crippen molar-refractivity contribution in [3.8, 4) is 22.5 Å². The lowest BCUT2D eigenvalue weighted by Gasteiger charge is -2.15. The monoisotopic (exact) mass is 584 g/mol. The average molecular weight is 585 g/mol. The Kier molecular flexibility index (Phi) is 7.38. The molecule has 5 heterocycles. The van der Waals surface area contributed by atoms with Gasteiger partial charge in [0.1, 0.15) is 8.80 Å². The SMILES string of the molecule is Cc1ccc(-c2ccc(C3=C(c4ccccc4)C(c4ccccc4)=C(c4ccc(-c5ccc(C)nc5)nc4)[SiH]3C)cn2)cn1. The maximum Gasteiger partial charge on any atom is 0.103 e. The number of rotatable bonds is 6. The summed E-state index contributed by atoms with van der Waals surface area (Å²) in [6, 6.07) is 38.6. The van der Waals surface area contributed by atoms with Crippen molar-refractivity contribution in [2.75, 3.05) is 0 Å². The van der Waals surface area contributed by atoms with Gasteiger partial charge in [0.15, 0.2) is 0 Å². The summed E-state index contributed by atoms with van der Waals surface area (Å²) in [6.45, 7) is 6.45. The highest BCUT2D eigenvalue weighted by atomic mass is 28.3. The number of pyridine rings is 4. The molecule has 0 spiro atoms. The predicted octanol–water partition coefficient (Wildman–Crippen LogP) is 8.69. The summed E-state index contributed by atoms with van der Waals surface area (Å²) in [5, 5.41) is 2.80. The Hall–Kier alpha value is -5.26. The van der Waals surface area contributed by atoms with Crippen LogP contribution in [0.2, 0.25) is 6.55 Å². The van der Waals surface area contributed by atoms with Gasteiger partial charge in [0.2, 0.25) is 0 Å². The molecule has 0 saturated carbocycles. The van der Waals surface area contributed by atoms with Gasteiger partial charge in [-0.15, -0.1) is 0 Å². The fourth-order valence-corrected chi connectivity index (χ4v) is 9.25. The normalized spacial score (nSPS) is 13.5. The molecule has 4 nitrogen and oxygen atoms in total. The van der Waals surface area contributed by atoms with Crippen LogP contribution in [0.5, 0.6) is 0 Å². The van der Waals surface area contributed by atoms with Gasteiger partial charge in [-0.1, -0.05) is 79.3 Å². The summed E-state index contributed by atoms with van der Waals surface area (Å²) in [5.74, 6) is 0. The van der Waals surface area contributed by atoms with E-state index in [-0.39, 0.29) is 0 Å². The van der Waals surface area contributed by atoms with Crippen molar-refractivity contribution >= 4 is 30.3 Å². The molecule has 212 valence electrons. The number of nitrogens with zero attached hydrogens (tertiary/aromatic N) is 4. The fraction of sp³-hybridized carbons (Fsp3) is 0.0769. The minimum absolute atomic E-state index is 0.928. The first kappa shape index (κ1) is 27.6. The molecule has 6 aromatic rings. The molecule has 44 heavy (non-hydrogen) atoms. The van der Waals surface area contributed by atoms with Crippen LogP contribution in [-0.2, 0) is 0 Å². The first-order valence-electron chi connectivity index (χ1n) is 15.0. The lowest BCUT2D eigenvalue weighted by molar-refractivity contribution is 1.19. The van der Waals surface area contributed by atoms with Crippen LogP contribution in [-0.4, -0.2) is 28.7 Å². The molecule has 0 aliphatic carbocycles. The van der Waals surface area contributed by atoms with Gasteiger partial charge in [-0.05, 0) is 94.0 Å². The topological polar surface area (TPSA) is 51.6 Å². The maximum absolute atomic E-state index is 4.94. The van der Waals surface area contributed by atoms with Gasteiger partial charge in [0.05, 0.1) is 11.4 Å². The Labute approximate surface area is 260 Å². The van der Waals surface area contributed by atoms with Gasteiger partial charge in [-0.25, -0.2) is 0 Å². The van der Waals surface area contributed by atoms with E-state index < -0.39 is 8.80 Å². The van der Waals surface area contributed by atoms with E-state index in [1.165, 1.54) is 43.8 Å². The van der Waals surface area contributed by atoms with Gasteiger partial charge < -0.3 is 0 Å². The third-order valence-corrected chi connectivity index (χ3v) is 11.3. The average Bonchev–Trinajstić information content (AvgIpc) is 3.39. The molecular weight excluding hydrogens is 553 g/mol. The molecule has 0 bridgehead atoms. The Morgan fingerprint density at radius 1 is 0.386 bits per heavy atom. The summed E-state index contributed by atoms with van der Waals surface area (Å²) in [5.41, 5.74) is 13.3. The van der Waals surface area contributed by atoms with E-state index in [1.54, 1.807) is 0 Å². The first-order valence-corrected chi connectivity index (χ1v) is 17.3. The van der Waals surface area contributed by atoms with Crippen LogP contribution in [0.4, 0.5) is 0 Å². The molecule has 0 fully saturated rings. The zero-order valence-corrected chi connectivity index (χ0v) is 26.2. The third-order valence-electron chi connectivity index (χ3n) is 8.34. The number of aromatic nitrogens is 4. The summed E-state index contributed by atoms with van der Waals surface area (Å²) < 4.78 is 0. The zero-order valence-electron chi connectivity index (χ0n) is 25.1. The van der Waals surface area contributed by atoms with Gasteiger partial charge in [-0.2, -0.15) is 0 Å². The molecule has 0 atom stereocenters. The molecule has 0 N–H and O–H groups in total. The molecule has 0 amide bonds. The largest absolute Gasteiger partial charge is 0.261 e. The highest BCUT2D eigenvalue weighted by Crippen LogP contribution is 2.50. The Morgan fingerprint density at radius 2 is 0.773 bits per heavy atom. The molecular formula is C39H32N4Si. The van der Waals surface area contributed by atoms with Crippen molar-refractivity contribution in [3.63, 3.8) is 0 Å². The quantitative estimate of drug-likeness (QED) is 0.184. The number of benzene rings is 2. The Balaban J connectivity index is 1.39. The van der Waals surface area contributed by atoms with Crippen molar-refractivity contribution < 1.29 is 0 Å². The highest BCUT2D eigenvalue weighted by Gasteiger charge is 2.35. The molecule has 5 heteroatoms. The van der Waals surface area contributed by atoms with E-state index in [9.17, 15) is 0 Å². The number of aryl methyl sites for hydroxylation is 2. The number of hydrogen-bond donors (Lipinski definition) is 0. The van der Waals surface area contributed by atoms with E-state index in [4.69, 9.17) is 9.97 Å². The molecule has 0 radical (unpaired) electrons. The van der Waals surface area contributed by atoms with Crippen LogP contribution in [0, 0.1) is 13.8 Å². The van der Waals surface area contributed by atoms with E-state index in [1.807, 2.05) is 50.8 Å². The minimum atomic E-state index is -1.73. The number of allylic oxidation sites excluding steroid dienone is 2. The van der Waals surface area contributed by atoms with Gasteiger partial charge in [0.25, 0.3) is 0 Å². The van der Waals surface area contributed by atoms with Crippen molar-refractivity contribution in [1.82, 2.24) is 19.9 Å². The molecule has 0 unspecified atom stereocenters. The predicted molar refractivity (Wildman–Crippen MR) is 184 cm³/mol. The molecule has 0 saturated heterocycles. The summed E-state index contributed by atoms with van der Waals surface area (Å²) in [7, 11) is -1.73. The van der Waals surface area contributed by atoms with Gasteiger partial charge in [0, 0.05) is 47.3 Å². The van der Waals surface area contributed by atoms with Crippen LogP contribution in [0.3, 0.4) is 0 Å². The number of hydrogen-bond acceptors (Lipinski definition) is 4.